The number of hydrogen-bond donors (Lipinski definition) is 0. The van der Waals surface area contributed by atoms with E-state index in [4.69, 9.17) is 9.15 Å². The fourth-order valence-electron chi connectivity index (χ4n) is 3.02. The van der Waals surface area contributed by atoms with Crippen LogP contribution in [0.2, 0.25) is 0 Å². The number of esters is 1. The Morgan fingerprint density at radius 2 is 2.12 bits per heavy atom. The van der Waals surface area contributed by atoms with Crippen molar-refractivity contribution in [2.45, 2.75) is 19.9 Å². The standard InChI is InChI=1S/C17H18N6O3/c1-11-10-22(14-5-7-19-16(21-14)25-12(2)24)8-9-23(11)17-20-13-4-3-6-18-15(13)26-17/h3-7,11H,8-10H2,1-2H3/t11-/m0/s1. The van der Waals surface area contributed by atoms with Crippen LogP contribution in [-0.2, 0) is 4.79 Å². The highest BCUT2D eigenvalue weighted by atomic mass is 16.5. The first kappa shape index (κ1) is 16.2. The van der Waals surface area contributed by atoms with Crippen molar-refractivity contribution in [3.63, 3.8) is 0 Å². The predicted molar refractivity (Wildman–Crippen MR) is 94.2 cm³/mol. The summed E-state index contributed by atoms with van der Waals surface area (Å²) in [5.74, 6) is 0.284. The van der Waals surface area contributed by atoms with Crippen molar-refractivity contribution in [1.82, 2.24) is 19.9 Å². The monoisotopic (exact) mass is 354 g/mol. The van der Waals surface area contributed by atoms with Gasteiger partial charge in [0.05, 0.1) is 0 Å². The molecular weight excluding hydrogens is 336 g/mol. The molecule has 1 aliphatic heterocycles. The summed E-state index contributed by atoms with van der Waals surface area (Å²) in [5, 5.41) is 0. The van der Waals surface area contributed by atoms with Gasteiger partial charge in [-0.05, 0) is 25.1 Å². The van der Waals surface area contributed by atoms with Gasteiger partial charge in [0, 0.05) is 45.0 Å². The number of piperazine rings is 1. The van der Waals surface area contributed by atoms with Crippen LogP contribution in [0, 0.1) is 0 Å². The molecule has 0 spiro atoms. The molecule has 0 saturated carbocycles. The van der Waals surface area contributed by atoms with Crippen molar-refractivity contribution in [2.75, 3.05) is 29.4 Å². The van der Waals surface area contributed by atoms with Crippen molar-refractivity contribution in [3.05, 3.63) is 30.6 Å². The fourth-order valence-corrected chi connectivity index (χ4v) is 3.02. The lowest BCUT2D eigenvalue weighted by atomic mass is 10.2. The Kier molecular flexibility index (Phi) is 4.11. The van der Waals surface area contributed by atoms with Crippen molar-refractivity contribution in [2.24, 2.45) is 0 Å². The van der Waals surface area contributed by atoms with Gasteiger partial charge in [-0.15, -0.1) is 0 Å². The van der Waals surface area contributed by atoms with Crippen LogP contribution in [0.5, 0.6) is 6.01 Å². The average Bonchev–Trinajstić information content (AvgIpc) is 3.05. The molecule has 0 unspecified atom stereocenters. The topological polar surface area (TPSA) is 97.5 Å². The molecule has 134 valence electrons. The Balaban J connectivity index is 1.50. The molecular formula is C17H18N6O3. The number of carbonyl (C=O) groups is 1. The summed E-state index contributed by atoms with van der Waals surface area (Å²) >= 11 is 0. The number of rotatable bonds is 3. The Morgan fingerprint density at radius 1 is 1.23 bits per heavy atom. The van der Waals surface area contributed by atoms with Gasteiger partial charge in [0.2, 0.25) is 5.71 Å². The molecule has 0 aliphatic carbocycles. The lowest BCUT2D eigenvalue weighted by molar-refractivity contribution is -0.132. The van der Waals surface area contributed by atoms with Crippen LogP contribution in [-0.4, -0.2) is 51.6 Å². The molecule has 9 heteroatoms. The summed E-state index contributed by atoms with van der Waals surface area (Å²) in [4.78, 5) is 32.3. The molecule has 9 nitrogen and oxygen atoms in total. The molecule has 3 aromatic rings. The van der Waals surface area contributed by atoms with Gasteiger partial charge >= 0.3 is 12.0 Å². The van der Waals surface area contributed by atoms with E-state index in [1.54, 1.807) is 18.5 Å². The second-order valence-electron chi connectivity index (χ2n) is 6.10. The zero-order valence-corrected chi connectivity index (χ0v) is 14.5. The van der Waals surface area contributed by atoms with E-state index in [0.717, 1.165) is 31.0 Å². The van der Waals surface area contributed by atoms with E-state index in [1.165, 1.54) is 6.92 Å². The molecule has 0 N–H and O–H groups in total. The smallest absolute Gasteiger partial charge is 0.326 e. The average molecular weight is 354 g/mol. The molecule has 4 heterocycles. The lowest BCUT2D eigenvalue weighted by Crippen LogP contribution is -2.52. The van der Waals surface area contributed by atoms with Gasteiger partial charge in [0.1, 0.15) is 11.3 Å². The van der Waals surface area contributed by atoms with E-state index >= 15 is 0 Å². The van der Waals surface area contributed by atoms with Crippen molar-refractivity contribution < 1.29 is 13.9 Å². The maximum Gasteiger partial charge on any atom is 0.326 e. The zero-order chi connectivity index (χ0) is 18.1. The number of nitrogens with zero attached hydrogens (tertiary/aromatic N) is 6. The first-order chi connectivity index (χ1) is 12.6. The van der Waals surface area contributed by atoms with Gasteiger partial charge in [-0.2, -0.15) is 9.97 Å². The van der Waals surface area contributed by atoms with Crippen LogP contribution in [0.15, 0.2) is 35.0 Å². The van der Waals surface area contributed by atoms with Crippen LogP contribution in [0.1, 0.15) is 13.8 Å². The van der Waals surface area contributed by atoms with Gasteiger partial charge in [-0.25, -0.2) is 9.97 Å². The second kappa shape index (κ2) is 6.58. The van der Waals surface area contributed by atoms with Gasteiger partial charge < -0.3 is 19.0 Å². The van der Waals surface area contributed by atoms with Crippen molar-refractivity contribution in [3.8, 4) is 6.01 Å². The zero-order valence-electron chi connectivity index (χ0n) is 14.5. The first-order valence-corrected chi connectivity index (χ1v) is 8.35. The lowest BCUT2D eigenvalue weighted by Gasteiger charge is -2.39. The normalized spacial score (nSPS) is 17.5. The van der Waals surface area contributed by atoms with Gasteiger partial charge in [0.25, 0.3) is 6.01 Å². The van der Waals surface area contributed by atoms with Gasteiger partial charge in [-0.3, -0.25) is 4.79 Å². The van der Waals surface area contributed by atoms with E-state index in [0.29, 0.717) is 11.7 Å². The molecule has 1 aliphatic rings. The van der Waals surface area contributed by atoms with E-state index in [2.05, 4.69) is 36.7 Å². The van der Waals surface area contributed by atoms with Crippen LogP contribution in [0.3, 0.4) is 0 Å². The number of pyridine rings is 1. The molecule has 26 heavy (non-hydrogen) atoms. The third-order valence-electron chi connectivity index (χ3n) is 4.21. The molecule has 0 bridgehead atoms. The molecule has 1 atom stereocenters. The molecule has 1 fully saturated rings. The third-order valence-corrected chi connectivity index (χ3v) is 4.21. The largest absolute Gasteiger partial charge is 0.404 e. The van der Waals surface area contributed by atoms with Gasteiger partial charge in [-0.1, -0.05) is 0 Å². The summed E-state index contributed by atoms with van der Waals surface area (Å²) in [6.45, 7) is 5.60. The minimum absolute atomic E-state index is 0.0649. The number of anilines is 2. The maximum absolute atomic E-state index is 11.1. The minimum Gasteiger partial charge on any atom is -0.404 e. The van der Waals surface area contributed by atoms with Crippen LogP contribution < -0.4 is 14.5 Å². The summed E-state index contributed by atoms with van der Waals surface area (Å²) in [5.41, 5.74) is 1.29. The summed E-state index contributed by atoms with van der Waals surface area (Å²) < 4.78 is 10.8. The van der Waals surface area contributed by atoms with E-state index < -0.39 is 5.97 Å². The van der Waals surface area contributed by atoms with E-state index in [1.807, 2.05) is 12.1 Å². The predicted octanol–water partition coefficient (Wildman–Crippen LogP) is 1.65. The highest BCUT2D eigenvalue weighted by molar-refractivity contribution is 5.70. The van der Waals surface area contributed by atoms with Gasteiger partial charge in [0.15, 0.2) is 0 Å². The number of aromatic nitrogens is 4. The Bertz CT molecular complexity index is 910. The number of hydrogen-bond acceptors (Lipinski definition) is 9. The second-order valence-corrected chi connectivity index (χ2v) is 6.10. The number of carbonyl (C=O) groups excluding carboxylic acids is 1. The van der Waals surface area contributed by atoms with Crippen molar-refractivity contribution >= 4 is 29.0 Å². The Hall–Kier alpha value is -3.23. The number of fused-ring (bicyclic) bond motifs is 1. The summed E-state index contributed by atoms with van der Waals surface area (Å²) in [7, 11) is 0. The van der Waals surface area contributed by atoms with Crippen LogP contribution in [0.4, 0.5) is 11.8 Å². The quantitative estimate of drug-likeness (QED) is 0.650. The third kappa shape index (κ3) is 3.15. The Morgan fingerprint density at radius 3 is 2.88 bits per heavy atom. The number of oxazole rings is 1. The van der Waals surface area contributed by atoms with E-state index in [-0.39, 0.29) is 12.1 Å². The highest BCUT2D eigenvalue weighted by Crippen LogP contribution is 2.25. The molecule has 1 saturated heterocycles. The molecule has 0 aromatic carbocycles. The molecule has 0 amide bonds. The molecule has 4 rings (SSSR count). The van der Waals surface area contributed by atoms with E-state index in [9.17, 15) is 4.79 Å². The molecule has 0 radical (unpaired) electrons. The SMILES string of the molecule is CC(=O)Oc1nccc(N2CCN(c3nc4cccnc4o3)[C@@H](C)C2)n1. The summed E-state index contributed by atoms with van der Waals surface area (Å²) in [6, 6.07) is 6.33. The fraction of sp³-hybridized carbons (Fsp3) is 0.353. The van der Waals surface area contributed by atoms with Crippen molar-refractivity contribution in [1.29, 1.82) is 0 Å². The highest BCUT2D eigenvalue weighted by Gasteiger charge is 2.28. The molecule has 3 aromatic heterocycles. The Labute approximate surface area is 149 Å². The van der Waals surface area contributed by atoms with Crippen LogP contribution >= 0.6 is 0 Å². The maximum atomic E-state index is 11.1. The number of ether oxygens (including phenoxy) is 1. The summed E-state index contributed by atoms with van der Waals surface area (Å²) in [6.07, 6.45) is 3.28. The minimum atomic E-state index is -0.440. The first-order valence-electron chi connectivity index (χ1n) is 8.35. The van der Waals surface area contributed by atoms with Crippen LogP contribution in [0.25, 0.3) is 11.2 Å².